The zero-order valence-electron chi connectivity index (χ0n) is 13.9. The predicted octanol–water partition coefficient (Wildman–Crippen LogP) is 4.98. The normalized spacial score (nSPS) is 18.5. The summed E-state index contributed by atoms with van der Waals surface area (Å²) in [5, 5.41) is 8.67. The molecule has 2 aromatic carbocycles. The van der Waals surface area contributed by atoms with Gasteiger partial charge in [-0.3, -0.25) is 9.48 Å². The maximum atomic E-state index is 12.4. The van der Waals surface area contributed by atoms with E-state index in [9.17, 15) is 4.79 Å². The third-order valence-corrected chi connectivity index (χ3v) is 5.05. The van der Waals surface area contributed by atoms with Gasteiger partial charge in [-0.25, -0.2) is 0 Å². The molecular weight excluding hydrogens is 369 g/mol. The summed E-state index contributed by atoms with van der Waals surface area (Å²) < 4.78 is 1.78. The molecule has 1 aromatic heterocycles. The van der Waals surface area contributed by atoms with E-state index in [-0.39, 0.29) is 17.7 Å². The molecule has 0 aliphatic heterocycles. The van der Waals surface area contributed by atoms with Gasteiger partial charge in [-0.15, -0.1) is 0 Å². The van der Waals surface area contributed by atoms with E-state index in [0.29, 0.717) is 22.3 Å². The molecule has 4 rings (SSSR count). The van der Waals surface area contributed by atoms with Crippen molar-refractivity contribution in [3.8, 4) is 0 Å². The van der Waals surface area contributed by atoms with E-state index in [4.69, 9.17) is 23.2 Å². The lowest BCUT2D eigenvalue weighted by molar-refractivity contribution is -0.117. The van der Waals surface area contributed by atoms with Crippen molar-refractivity contribution in [1.82, 2.24) is 9.78 Å². The quantitative estimate of drug-likeness (QED) is 0.672. The van der Waals surface area contributed by atoms with Gasteiger partial charge in [0.25, 0.3) is 0 Å². The first-order valence-electron chi connectivity index (χ1n) is 8.42. The minimum Gasteiger partial charge on any atom is -0.323 e. The van der Waals surface area contributed by atoms with Gasteiger partial charge < -0.3 is 5.32 Å². The second-order valence-corrected chi connectivity index (χ2v) is 7.42. The molecule has 1 heterocycles. The zero-order chi connectivity index (χ0) is 18.1. The van der Waals surface area contributed by atoms with Crippen molar-refractivity contribution in [2.24, 2.45) is 5.92 Å². The van der Waals surface area contributed by atoms with E-state index in [2.05, 4.69) is 10.4 Å². The van der Waals surface area contributed by atoms with E-state index in [1.165, 1.54) is 0 Å². The largest absolute Gasteiger partial charge is 0.323 e. The predicted molar refractivity (Wildman–Crippen MR) is 104 cm³/mol. The van der Waals surface area contributed by atoms with Gasteiger partial charge >= 0.3 is 0 Å². The average Bonchev–Trinajstić information content (AvgIpc) is 3.30. The highest BCUT2D eigenvalue weighted by atomic mass is 35.5. The molecule has 2 unspecified atom stereocenters. The number of hydrogen-bond acceptors (Lipinski definition) is 2. The minimum atomic E-state index is 0.00690. The Bertz CT molecular complexity index is 936. The van der Waals surface area contributed by atoms with Gasteiger partial charge in [-0.2, -0.15) is 5.10 Å². The summed E-state index contributed by atoms with van der Waals surface area (Å²) in [5.74, 6) is 0.313. The molecule has 1 aliphatic carbocycles. The van der Waals surface area contributed by atoms with Crippen LogP contribution in [0.15, 0.2) is 60.9 Å². The Kier molecular flexibility index (Phi) is 4.70. The highest BCUT2D eigenvalue weighted by Crippen LogP contribution is 2.48. The van der Waals surface area contributed by atoms with Crippen molar-refractivity contribution in [1.29, 1.82) is 0 Å². The summed E-state index contributed by atoms with van der Waals surface area (Å²) in [6.45, 7) is 0.604. The van der Waals surface area contributed by atoms with Crippen LogP contribution in [0.3, 0.4) is 0 Å². The molecule has 1 fully saturated rings. The van der Waals surface area contributed by atoms with Crippen LogP contribution in [0.1, 0.15) is 23.5 Å². The Morgan fingerprint density at radius 1 is 1.15 bits per heavy atom. The third-order valence-electron chi connectivity index (χ3n) is 4.56. The molecule has 26 heavy (non-hydrogen) atoms. The van der Waals surface area contributed by atoms with Gasteiger partial charge in [0.2, 0.25) is 5.91 Å². The van der Waals surface area contributed by atoms with Gasteiger partial charge in [0, 0.05) is 22.2 Å². The van der Waals surface area contributed by atoms with Crippen LogP contribution in [-0.4, -0.2) is 15.7 Å². The molecule has 1 saturated carbocycles. The van der Waals surface area contributed by atoms with Gasteiger partial charge in [0.15, 0.2) is 0 Å². The topological polar surface area (TPSA) is 46.9 Å². The van der Waals surface area contributed by atoms with Crippen molar-refractivity contribution in [3.05, 3.63) is 82.1 Å². The molecule has 2 atom stereocenters. The van der Waals surface area contributed by atoms with Gasteiger partial charge in [0.05, 0.1) is 18.4 Å². The Morgan fingerprint density at radius 3 is 2.73 bits per heavy atom. The lowest BCUT2D eigenvalue weighted by Gasteiger charge is -2.03. The molecule has 0 spiro atoms. The number of rotatable bonds is 5. The molecule has 1 amide bonds. The van der Waals surface area contributed by atoms with Crippen molar-refractivity contribution in [3.63, 3.8) is 0 Å². The minimum absolute atomic E-state index is 0.00690. The monoisotopic (exact) mass is 385 g/mol. The van der Waals surface area contributed by atoms with Gasteiger partial charge in [-0.05, 0) is 47.7 Å². The van der Waals surface area contributed by atoms with Crippen LogP contribution in [0.4, 0.5) is 5.69 Å². The van der Waals surface area contributed by atoms with Crippen molar-refractivity contribution >= 4 is 34.8 Å². The highest BCUT2D eigenvalue weighted by Gasteiger charge is 2.43. The van der Waals surface area contributed by atoms with Crippen LogP contribution in [0.25, 0.3) is 0 Å². The highest BCUT2D eigenvalue weighted by molar-refractivity contribution is 6.30. The first kappa shape index (κ1) is 17.1. The fourth-order valence-corrected chi connectivity index (χ4v) is 3.47. The lowest BCUT2D eigenvalue weighted by Crippen LogP contribution is -2.14. The number of nitrogens with zero attached hydrogens (tertiary/aromatic N) is 2. The average molecular weight is 386 g/mol. The SMILES string of the molecule is O=C(Nc1cnn(Cc2cccc(Cl)c2)c1)C1CC1c1ccc(Cl)cc1. The summed E-state index contributed by atoms with van der Waals surface area (Å²) in [4.78, 5) is 12.4. The second-order valence-electron chi connectivity index (χ2n) is 6.55. The number of nitrogens with one attached hydrogen (secondary N) is 1. The molecular formula is C20H17Cl2N3O. The summed E-state index contributed by atoms with van der Waals surface area (Å²) in [6, 6.07) is 15.4. The summed E-state index contributed by atoms with van der Waals surface area (Å²) in [7, 11) is 0. The van der Waals surface area contributed by atoms with Crippen LogP contribution in [0, 0.1) is 5.92 Å². The van der Waals surface area contributed by atoms with Crippen LogP contribution in [0.5, 0.6) is 0 Å². The summed E-state index contributed by atoms with van der Waals surface area (Å²) in [6.07, 6.45) is 4.37. The Labute approximate surface area is 161 Å². The summed E-state index contributed by atoms with van der Waals surface area (Å²) >= 11 is 11.9. The molecule has 0 radical (unpaired) electrons. The van der Waals surface area contributed by atoms with E-state index in [0.717, 1.165) is 17.5 Å². The number of benzene rings is 2. The van der Waals surface area contributed by atoms with Crippen molar-refractivity contribution in [2.45, 2.75) is 18.9 Å². The number of hydrogen-bond donors (Lipinski definition) is 1. The molecule has 1 N–H and O–H groups in total. The zero-order valence-corrected chi connectivity index (χ0v) is 15.4. The lowest BCUT2D eigenvalue weighted by atomic mass is 10.1. The Balaban J connectivity index is 1.35. The number of carbonyl (C=O) groups is 1. The van der Waals surface area contributed by atoms with Crippen LogP contribution >= 0.6 is 23.2 Å². The molecule has 0 saturated heterocycles. The number of anilines is 1. The first-order valence-corrected chi connectivity index (χ1v) is 9.17. The standard InChI is InChI=1S/C20H17Cl2N3O/c21-15-6-4-14(5-7-15)18-9-19(18)20(26)24-17-10-23-25(12-17)11-13-2-1-3-16(22)8-13/h1-8,10,12,18-19H,9,11H2,(H,24,26). The van der Waals surface area contributed by atoms with Crippen molar-refractivity contribution in [2.75, 3.05) is 5.32 Å². The first-order chi connectivity index (χ1) is 12.6. The number of carbonyl (C=O) groups excluding carboxylic acids is 1. The van der Waals surface area contributed by atoms with E-state index in [1.807, 2.05) is 54.7 Å². The Morgan fingerprint density at radius 2 is 1.96 bits per heavy atom. The number of aromatic nitrogens is 2. The van der Waals surface area contributed by atoms with Crippen LogP contribution in [0.2, 0.25) is 10.0 Å². The molecule has 0 bridgehead atoms. The van der Waals surface area contributed by atoms with Crippen LogP contribution in [-0.2, 0) is 11.3 Å². The second kappa shape index (κ2) is 7.14. The van der Waals surface area contributed by atoms with Crippen molar-refractivity contribution < 1.29 is 4.79 Å². The fraction of sp³-hybridized carbons (Fsp3) is 0.200. The van der Waals surface area contributed by atoms with E-state index in [1.54, 1.807) is 10.9 Å². The third kappa shape index (κ3) is 3.92. The van der Waals surface area contributed by atoms with E-state index < -0.39 is 0 Å². The number of amides is 1. The maximum absolute atomic E-state index is 12.4. The van der Waals surface area contributed by atoms with Gasteiger partial charge in [-0.1, -0.05) is 47.5 Å². The summed E-state index contributed by atoms with van der Waals surface area (Å²) in [5.41, 5.74) is 2.92. The molecule has 3 aromatic rings. The smallest absolute Gasteiger partial charge is 0.228 e. The maximum Gasteiger partial charge on any atom is 0.228 e. The molecule has 4 nitrogen and oxygen atoms in total. The van der Waals surface area contributed by atoms with Gasteiger partial charge in [0.1, 0.15) is 0 Å². The fourth-order valence-electron chi connectivity index (χ4n) is 3.14. The molecule has 6 heteroatoms. The van der Waals surface area contributed by atoms with E-state index >= 15 is 0 Å². The number of halogens is 2. The molecule has 1 aliphatic rings. The van der Waals surface area contributed by atoms with Crippen LogP contribution < -0.4 is 5.32 Å². The Hall–Kier alpha value is -2.30. The molecule has 132 valence electrons.